The molecule has 1 N–H and O–H groups in total. The molecule has 9 heavy (non-hydrogen) atoms. The van der Waals surface area contributed by atoms with Gasteiger partial charge < -0.3 is 5.32 Å². The van der Waals surface area contributed by atoms with Crippen LogP contribution in [0, 0.1) is 0 Å². The fourth-order valence-electron chi connectivity index (χ4n) is 0.609. The van der Waals surface area contributed by atoms with E-state index in [4.69, 9.17) is 0 Å². The molecule has 0 aliphatic heterocycles. The Bertz CT molecular complexity index is 97.1. The van der Waals surface area contributed by atoms with Gasteiger partial charge in [-0.15, -0.1) is 13.2 Å². The van der Waals surface area contributed by atoms with E-state index in [1.165, 1.54) is 0 Å². The van der Waals surface area contributed by atoms with Crippen LogP contribution in [0.4, 0.5) is 0 Å². The number of nitrogens with one attached hydrogen (secondary N) is 1. The molecule has 1 heteroatoms. The summed E-state index contributed by atoms with van der Waals surface area (Å²) in [6.07, 6.45) is 3.70. The summed E-state index contributed by atoms with van der Waals surface area (Å²) in [5, 5.41) is 3.22. The molecular weight excluding hydrogens is 110 g/mol. The van der Waals surface area contributed by atoms with Gasteiger partial charge in [-0.25, -0.2) is 0 Å². The van der Waals surface area contributed by atoms with Crippen molar-refractivity contribution in [1.82, 2.24) is 5.32 Å². The van der Waals surface area contributed by atoms with Crippen LogP contribution in [0.3, 0.4) is 0 Å². The first-order chi connectivity index (χ1) is 4.18. The average Bonchev–Trinajstić information content (AvgIpc) is 1.89. The molecule has 0 heterocycles. The van der Waals surface area contributed by atoms with Gasteiger partial charge in [-0.1, -0.05) is 19.1 Å². The quantitative estimate of drug-likeness (QED) is 0.564. The number of rotatable bonds is 4. The minimum Gasteiger partial charge on any atom is -0.305 e. The molecule has 52 valence electrons. The normalized spacial score (nSPS) is 10.9. The second-order valence-electron chi connectivity index (χ2n) is 2.22. The van der Waals surface area contributed by atoms with Gasteiger partial charge in [0.2, 0.25) is 0 Å². The molecule has 0 amide bonds. The van der Waals surface area contributed by atoms with Gasteiger partial charge in [0.1, 0.15) is 0 Å². The Labute approximate surface area is 57.5 Å². The highest BCUT2D eigenvalue weighted by Crippen LogP contribution is 2.04. The lowest BCUT2D eigenvalue weighted by Crippen LogP contribution is -2.37. The van der Waals surface area contributed by atoms with Crippen molar-refractivity contribution < 1.29 is 0 Å². The van der Waals surface area contributed by atoms with E-state index in [0.29, 0.717) is 0 Å². The Hall–Kier alpha value is -0.560. The summed E-state index contributed by atoms with van der Waals surface area (Å²) in [5.41, 5.74) is -0.0885. The maximum atomic E-state index is 3.69. The highest BCUT2D eigenvalue weighted by atomic mass is 14.9. The van der Waals surface area contributed by atoms with Gasteiger partial charge in [0.25, 0.3) is 0 Å². The molecule has 1 nitrogen and oxygen atoms in total. The van der Waals surface area contributed by atoms with Crippen LogP contribution in [0.5, 0.6) is 0 Å². The van der Waals surface area contributed by atoms with E-state index in [-0.39, 0.29) is 5.54 Å². The van der Waals surface area contributed by atoms with Crippen LogP contribution in [-0.2, 0) is 0 Å². The summed E-state index contributed by atoms with van der Waals surface area (Å²) in [5.74, 6) is 0. The second kappa shape index (κ2) is 3.46. The van der Waals surface area contributed by atoms with Crippen LogP contribution in [0.1, 0.15) is 13.8 Å². The Morgan fingerprint density at radius 3 is 2.00 bits per heavy atom. The minimum atomic E-state index is -0.0885. The van der Waals surface area contributed by atoms with Crippen molar-refractivity contribution in [2.24, 2.45) is 0 Å². The standard InChI is InChI=1S/C8H15N/c1-5-8(4,6-2)9-7-3/h5-6,9H,1-2,7H2,3-4H3. The van der Waals surface area contributed by atoms with E-state index >= 15 is 0 Å². The van der Waals surface area contributed by atoms with Crippen molar-refractivity contribution in [3.63, 3.8) is 0 Å². The fourth-order valence-corrected chi connectivity index (χ4v) is 0.609. The first kappa shape index (κ1) is 8.44. The molecule has 0 saturated carbocycles. The van der Waals surface area contributed by atoms with Gasteiger partial charge in [-0.05, 0) is 13.5 Å². The summed E-state index contributed by atoms with van der Waals surface area (Å²) < 4.78 is 0. The number of hydrogen-bond acceptors (Lipinski definition) is 1. The van der Waals surface area contributed by atoms with E-state index in [1.807, 2.05) is 19.1 Å². The lowest BCUT2D eigenvalue weighted by atomic mass is 10.0. The third-order valence-electron chi connectivity index (χ3n) is 1.41. The van der Waals surface area contributed by atoms with E-state index in [2.05, 4.69) is 25.4 Å². The molecule has 0 aromatic heterocycles. The van der Waals surface area contributed by atoms with Crippen LogP contribution in [0.25, 0.3) is 0 Å². The van der Waals surface area contributed by atoms with Gasteiger partial charge in [0, 0.05) is 0 Å². The van der Waals surface area contributed by atoms with Crippen molar-refractivity contribution in [2.75, 3.05) is 6.54 Å². The topological polar surface area (TPSA) is 12.0 Å². The molecule has 0 aliphatic rings. The summed E-state index contributed by atoms with van der Waals surface area (Å²) >= 11 is 0. The maximum absolute atomic E-state index is 3.69. The van der Waals surface area contributed by atoms with Gasteiger partial charge in [0.05, 0.1) is 5.54 Å². The minimum absolute atomic E-state index is 0.0885. The Morgan fingerprint density at radius 2 is 1.89 bits per heavy atom. The second-order valence-corrected chi connectivity index (χ2v) is 2.22. The highest BCUT2D eigenvalue weighted by molar-refractivity contribution is 5.10. The third-order valence-corrected chi connectivity index (χ3v) is 1.41. The van der Waals surface area contributed by atoms with Crippen LogP contribution in [0.2, 0.25) is 0 Å². The molecule has 0 aromatic rings. The van der Waals surface area contributed by atoms with Crippen LogP contribution in [-0.4, -0.2) is 12.1 Å². The molecule has 0 unspecified atom stereocenters. The molecule has 0 spiro atoms. The molecule has 0 fully saturated rings. The number of likely N-dealkylation sites (N-methyl/N-ethyl adjacent to an activating group) is 1. The van der Waals surface area contributed by atoms with Crippen molar-refractivity contribution in [1.29, 1.82) is 0 Å². The van der Waals surface area contributed by atoms with Crippen molar-refractivity contribution in [2.45, 2.75) is 19.4 Å². The van der Waals surface area contributed by atoms with Gasteiger partial charge in [0.15, 0.2) is 0 Å². The van der Waals surface area contributed by atoms with Crippen LogP contribution in [0.15, 0.2) is 25.3 Å². The zero-order chi connectivity index (χ0) is 7.33. The summed E-state index contributed by atoms with van der Waals surface area (Å²) in [6.45, 7) is 12.4. The zero-order valence-corrected chi connectivity index (χ0v) is 6.28. The van der Waals surface area contributed by atoms with Crippen LogP contribution < -0.4 is 5.32 Å². The molecule has 0 saturated heterocycles. The predicted octanol–water partition coefficient (Wildman–Crippen LogP) is 1.73. The SMILES string of the molecule is C=CC(C)(C=C)NCC. The van der Waals surface area contributed by atoms with E-state index < -0.39 is 0 Å². The third kappa shape index (κ3) is 2.47. The largest absolute Gasteiger partial charge is 0.305 e. The fraction of sp³-hybridized carbons (Fsp3) is 0.500. The van der Waals surface area contributed by atoms with Crippen molar-refractivity contribution >= 4 is 0 Å². The Kier molecular flexibility index (Phi) is 3.25. The Morgan fingerprint density at radius 1 is 1.44 bits per heavy atom. The van der Waals surface area contributed by atoms with E-state index in [1.54, 1.807) is 0 Å². The molecule has 0 bridgehead atoms. The van der Waals surface area contributed by atoms with Gasteiger partial charge in [-0.2, -0.15) is 0 Å². The van der Waals surface area contributed by atoms with Crippen LogP contribution >= 0.6 is 0 Å². The highest BCUT2D eigenvalue weighted by Gasteiger charge is 2.11. The summed E-state index contributed by atoms with van der Waals surface area (Å²) in [7, 11) is 0. The first-order valence-corrected chi connectivity index (χ1v) is 3.20. The van der Waals surface area contributed by atoms with Gasteiger partial charge in [-0.3, -0.25) is 0 Å². The van der Waals surface area contributed by atoms with Crippen molar-refractivity contribution in [3.05, 3.63) is 25.3 Å². The lowest BCUT2D eigenvalue weighted by Gasteiger charge is -2.21. The molecular formula is C8H15N. The molecule has 0 atom stereocenters. The monoisotopic (exact) mass is 125 g/mol. The predicted molar refractivity (Wildman–Crippen MR) is 42.5 cm³/mol. The molecule has 0 rings (SSSR count). The summed E-state index contributed by atoms with van der Waals surface area (Å²) in [4.78, 5) is 0. The molecule has 0 radical (unpaired) electrons. The van der Waals surface area contributed by atoms with Crippen molar-refractivity contribution in [3.8, 4) is 0 Å². The maximum Gasteiger partial charge on any atom is 0.0516 e. The van der Waals surface area contributed by atoms with E-state index in [0.717, 1.165) is 6.54 Å². The zero-order valence-electron chi connectivity index (χ0n) is 6.28. The average molecular weight is 125 g/mol. The lowest BCUT2D eigenvalue weighted by molar-refractivity contribution is 0.546. The van der Waals surface area contributed by atoms with E-state index in [9.17, 15) is 0 Å². The number of hydrogen-bond donors (Lipinski definition) is 1. The Balaban J connectivity index is 3.91. The molecule has 0 aromatic carbocycles. The molecule has 0 aliphatic carbocycles. The van der Waals surface area contributed by atoms with Gasteiger partial charge >= 0.3 is 0 Å². The summed E-state index contributed by atoms with van der Waals surface area (Å²) in [6, 6.07) is 0. The smallest absolute Gasteiger partial charge is 0.0516 e. The first-order valence-electron chi connectivity index (χ1n) is 3.20.